The molecule has 5 heteroatoms. The first-order valence-corrected chi connectivity index (χ1v) is 4.64. The maximum atomic E-state index is 11.1. The SMILES string of the molecule is COC(=O)CC1c2cocc2C(O)C1O. The number of carbonyl (C=O) groups excluding carboxylic acids is 1. The average molecular weight is 212 g/mol. The monoisotopic (exact) mass is 212 g/mol. The summed E-state index contributed by atoms with van der Waals surface area (Å²) in [5, 5.41) is 19.3. The smallest absolute Gasteiger partial charge is 0.306 e. The number of rotatable bonds is 2. The number of ether oxygens (including phenoxy) is 1. The highest BCUT2D eigenvalue weighted by atomic mass is 16.5. The molecule has 3 atom stereocenters. The Kier molecular flexibility index (Phi) is 2.50. The van der Waals surface area contributed by atoms with Crippen molar-refractivity contribution in [1.29, 1.82) is 0 Å². The third-order valence-corrected chi connectivity index (χ3v) is 2.79. The summed E-state index contributed by atoms with van der Waals surface area (Å²) in [6.07, 6.45) is 0.934. The van der Waals surface area contributed by atoms with Crippen LogP contribution in [0.1, 0.15) is 29.6 Å². The molecule has 1 aromatic heterocycles. The van der Waals surface area contributed by atoms with Gasteiger partial charge < -0.3 is 19.4 Å². The Hall–Kier alpha value is -1.33. The van der Waals surface area contributed by atoms with Crippen molar-refractivity contribution in [2.75, 3.05) is 7.11 Å². The van der Waals surface area contributed by atoms with E-state index >= 15 is 0 Å². The van der Waals surface area contributed by atoms with Gasteiger partial charge in [-0.05, 0) is 0 Å². The van der Waals surface area contributed by atoms with E-state index < -0.39 is 24.1 Å². The summed E-state index contributed by atoms with van der Waals surface area (Å²) in [6, 6.07) is 0. The van der Waals surface area contributed by atoms with Crippen LogP contribution in [0.25, 0.3) is 0 Å². The fourth-order valence-corrected chi connectivity index (χ4v) is 1.94. The molecule has 0 spiro atoms. The van der Waals surface area contributed by atoms with Gasteiger partial charge >= 0.3 is 5.97 Å². The zero-order valence-electron chi connectivity index (χ0n) is 8.21. The van der Waals surface area contributed by atoms with Gasteiger partial charge in [0.25, 0.3) is 0 Å². The summed E-state index contributed by atoms with van der Waals surface area (Å²) in [5.74, 6) is -0.860. The number of methoxy groups -OCH3 is 1. The molecule has 0 bridgehead atoms. The number of aliphatic hydroxyl groups excluding tert-OH is 2. The first-order chi connectivity index (χ1) is 7.15. The lowest BCUT2D eigenvalue weighted by Crippen LogP contribution is -2.21. The highest BCUT2D eigenvalue weighted by Gasteiger charge is 2.41. The summed E-state index contributed by atoms with van der Waals surface area (Å²) < 4.78 is 9.45. The van der Waals surface area contributed by atoms with Gasteiger partial charge in [-0.25, -0.2) is 0 Å². The number of hydrogen-bond acceptors (Lipinski definition) is 5. The minimum absolute atomic E-state index is 0.0429. The Bertz CT molecular complexity index is 370. The van der Waals surface area contributed by atoms with Crippen molar-refractivity contribution in [3.63, 3.8) is 0 Å². The minimum Gasteiger partial charge on any atom is -0.472 e. The average Bonchev–Trinajstić information content (AvgIpc) is 2.78. The molecule has 2 rings (SSSR count). The Balaban J connectivity index is 2.23. The molecule has 0 saturated carbocycles. The van der Waals surface area contributed by atoms with Crippen LogP contribution in [-0.2, 0) is 9.53 Å². The Morgan fingerprint density at radius 1 is 1.47 bits per heavy atom. The van der Waals surface area contributed by atoms with Gasteiger partial charge in [-0.2, -0.15) is 0 Å². The fourth-order valence-electron chi connectivity index (χ4n) is 1.94. The first kappa shape index (κ1) is 10.2. The van der Waals surface area contributed by atoms with Crippen molar-refractivity contribution < 1.29 is 24.2 Å². The van der Waals surface area contributed by atoms with Crippen molar-refractivity contribution in [1.82, 2.24) is 0 Å². The lowest BCUT2D eigenvalue weighted by molar-refractivity contribution is -0.142. The molecule has 3 unspecified atom stereocenters. The van der Waals surface area contributed by atoms with Gasteiger partial charge in [0.2, 0.25) is 0 Å². The van der Waals surface area contributed by atoms with Crippen LogP contribution in [0.5, 0.6) is 0 Å². The van der Waals surface area contributed by atoms with Gasteiger partial charge in [-0.3, -0.25) is 4.79 Å². The second-order valence-corrected chi connectivity index (χ2v) is 3.60. The highest BCUT2D eigenvalue weighted by molar-refractivity contribution is 5.71. The lowest BCUT2D eigenvalue weighted by atomic mass is 9.98. The van der Waals surface area contributed by atoms with Crippen molar-refractivity contribution in [3.05, 3.63) is 23.7 Å². The van der Waals surface area contributed by atoms with Crippen LogP contribution in [0.3, 0.4) is 0 Å². The predicted octanol–water partition coefficient (Wildman–Crippen LogP) is 0.334. The van der Waals surface area contributed by atoms with E-state index in [-0.39, 0.29) is 6.42 Å². The summed E-state index contributed by atoms with van der Waals surface area (Å²) in [5.41, 5.74) is 1.23. The number of carbonyl (C=O) groups is 1. The number of hydrogen-bond donors (Lipinski definition) is 2. The molecule has 2 N–H and O–H groups in total. The quantitative estimate of drug-likeness (QED) is 0.691. The van der Waals surface area contributed by atoms with Crippen LogP contribution >= 0.6 is 0 Å². The number of aliphatic hydroxyl groups is 2. The standard InChI is InChI=1S/C10H12O5/c1-14-8(11)2-5-6-3-15-4-7(6)10(13)9(5)12/h3-5,9-10,12-13H,2H2,1H3. The Morgan fingerprint density at radius 2 is 2.13 bits per heavy atom. The Morgan fingerprint density at radius 3 is 2.80 bits per heavy atom. The summed E-state index contributed by atoms with van der Waals surface area (Å²) in [4.78, 5) is 11.1. The van der Waals surface area contributed by atoms with Gasteiger partial charge in [0.05, 0.1) is 32.2 Å². The molecule has 1 aromatic rings. The molecule has 0 fully saturated rings. The van der Waals surface area contributed by atoms with Crippen molar-refractivity contribution in [3.8, 4) is 0 Å². The second kappa shape index (κ2) is 3.67. The van der Waals surface area contributed by atoms with E-state index in [1.165, 1.54) is 19.6 Å². The van der Waals surface area contributed by atoms with E-state index in [9.17, 15) is 15.0 Å². The maximum Gasteiger partial charge on any atom is 0.306 e. The van der Waals surface area contributed by atoms with Crippen molar-refractivity contribution >= 4 is 5.97 Å². The number of furan rings is 1. The minimum atomic E-state index is -0.978. The van der Waals surface area contributed by atoms with E-state index in [1.807, 2.05) is 0 Å². The summed E-state index contributed by atoms with van der Waals surface area (Å²) in [7, 11) is 1.29. The third kappa shape index (κ3) is 1.53. The molecule has 1 aliphatic carbocycles. The number of fused-ring (bicyclic) bond motifs is 1. The van der Waals surface area contributed by atoms with E-state index in [0.717, 1.165) is 0 Å². The molecular weight excluding hydrogens is 200 g/mol. The van der Waals surface area contributed by atoms with Crippen LogP contribution < -0.4 is 0 Å². The molecule has 0 saturated heterocycles. The second-order valence-electron chi connectivity index (χ2n) is 3.60. The van der Waals surface area contributed by atoms with Crippen LogP contribution in [0.2, 0.25) is 0 Å². The highest BCUT2D eigenvalue weighted by Crippen LogP contribution is 2.42. The summed E-state index contributed by atoms with van der Waals surface area (Å²) in [6.45, 7) is 0. The lowest BCUT2D eigenvalue weighted by Gasteiger charge is -2.15. The zero-order valence-corrected chi connectivity index (χ0v) is 8.21. The van der Waals surface area contributed by atoms with E-state index in [4.69, 9.17) is 4.42 Å². The van der Waals surface area contributed by atoms with Gasteiger partial charge in [0.15, 0.2) is 0 Å². The van der Waals surface area contributed by atoms with Crippen molar-refractivity contribution in [2.24, 2.45) is 0 Å². The number of esters is 1. The van der Waals surface area contributed by atoms with E-state index in [2.05, 4.69) is 4.74 Å². The van der Waals surface area contributed by atoms with Crippen LogP contribution in [0.15, 0.2) is 16.9 Å². The molecule has 0 amide bonds. The topological polar surface area (TPSA) is 79.9 Å². The third-order valence-electron chi connectivity index (χ3n) is 2.79. The van der Waals surface area contributed by atoms with Gasteiger partial charge in [-0.15, -0.1) is 0 Å². The largest absolute Gasteiger partial charge is 0.472 e. The molecule has 0 aliphatic heterocycles. The van der Waals surface area contributed by atoms with E-state index in [0.29, 0.717) is 11.1 Å². The summed E-state index contributed by atoms with van der Waals surface area (Å²) >= 11 is 0. The van der Waals surface area contributed by atoms with Crippen LogP contribution in [0, 0.1) is 0 Å². The van der Waals surface area contributed by atoms with Crippen LogP contribution in [0.4, 0.5) is 0 Å². The van der Waals surface area contributed by atoms with Gasteiger partial charge in [0, 0.05) is 17.0 Å². The van der Waals surface area contributed by atoms with E-state index in [1.54, 1.807) is 0 Å². The van der Waals surface area contributed by atoms with Crippen LogP contribution in [-0.4, -0.2) is 29.4 Å². The normalized spacial score (nSPS) is 28.9. The maximum absolute atomic E-state index is 11.1. The van der Waals surface area contributed by atoms with Gasteiger partial charge in [0.1, 0.15) is 6.10 Å². The molecular formula is C10H12O5. The molecule has 0 radical (unpaired) electrons. The molecule has 1 heterocycles. The molecule has 82 valence electrons. The first-order valence-electron chi connectivity index (χ1n) is 4.64. The fraction of sp³-hybridized carbons (Fsp3) is 0.500. The Labute approximate surface area is 86.3 Å². The molecule has 0 aromatic carbocycles. The predicted molar refractivity (Wildman–Crippen MR) is 49.0 cm³/mol. The molecule has 15 heavy (non-hydrogen) atoms. The van der Waals surface area contributed by atoms with Gasteiger partial charge in [-0.1, -0.05) is 0 Å². The molecule has 1 aliphatic rings. The van der Waals surface area contributed by atoms with Crippen molar-refractivity contribution in [2.45, 2.75) is 24.5 Å². The molecule has 5 nitrogen and oxygen atoms in total. The zero-order chi connectivity index (χ0) is 11.0.